The second-order valence-corrected chi connectivity index (χ2v) is 9.38. The van der Waals surface area contributed by atoms with Crippen molar-refractivity contribution in [2.75, 3.05) is 13.2 Å². The van der Waals surface area contributed by atoms with Gasteiger partial charge in [-0.15, -0.1) is 0 Å². The maximum Gasteiger partial charge on any atom is 0.287 e. The van der Waals surface area contributed by atoms with Crippen molar-refractivity contribution in [3.05, 3.63) is 81.8 Å². The van der Waals surface area contributed by atoms with Crippen LogP contribution in [0.2, 0.25) is 0 Å². The predicted molar refractivity (Wildman–Crippen MR) is 129 cm³/mol. The molecule has 0 saturated heterocycles. The van der Waals surface area contributed by atoms with Crippen LogP contribution in [0.1, 0.15) is 64.4 Å². The van der Waals surface area contributed by atoms with Crippen molar-refractivity contribution in [3.8, 4) is 11.5 Å². The molecule has 0 fully saturated rings. The number of carbonyl (C=O) groups is 1. The van der Waals surface area contributed by atoms with Crippen molar-refractivity contribution < 1.29 is 18.7 Å². The van der Waals surface area contributed by atoms with Gasteiger partial charge in [0.15, 0.2) is 5.76 Å². The molecule has 1 aliphatic rings. The van der Waals surface area contributed by atoms with Gasteiger partial charge in [0.1, 0.15) is 29.5 Å². The molecule has 1 aliphatic heterocycles. The molecule has 3 aromatic rings. The van der Waals surface area contributed by atoms with E-state index in [1.54, 1.807) is 6.07 Å². The molecule has 0 atom stereocenters. The molecule has 0 radical (unpaired) electrons. The molecule has 0 spiro atoms. The zero-order valence-electron chi connectivity index (χ0n) is 20.2. The highest BCUT2D eigenvalue weighted by Crippen LogP contribution is 2.41. The molecule has 0 bridgehead atoms. The molecule has 1 aromatic heterocycles. The Morgan fingerprint density at radius 3 is 2.55 bits per heavy atom. The van der Waals surface area contributed by atoms with E-state index in [0.29, 0.717) is 25.3 Å². The molecule has 33 heavy (non-hydrogen) atoms. The van der Waals surface area contributed by atoms with Crippen LogP contribution < -0.4 is 14.8 Å². The smallest absolute Gasteiger partial charge is 0.287 e. The van der Waals surface area contributed by atoms with E-state index in [4.69, 9.17) is 13.9 Å². The summed E-state index contributed by atoms with van der Waals surface area (Å²) in [5.41, 5.74) is 6.12. The first-order valence-corrected chi connectivity index (χ1v) is 11.6. The summed E-state index contributed by atoms with van der Waals surface area (Å²) in [6.45, 7) is 11.6. The second kappa shape index (κ2) is 9.34. The van der Waals surface area contributed by atoms with Crippen LogP contribution in [0, 0.1) is 20.8 Å². The van der Waals surface area contributed by atoms with Crippen molar-refractivity contribution in [1.82, 2.24) is 5.32 Å². The van der Waals surface area contributed by atoms with Crippen LogP contribution >= 0.6 is 0 Å². The maximum atomic E-state index is 12.5. The topological polar surface area (TPSA) is 60.7 Å². The Morgan fingerprint density at radius 2 is 1.79 bits per heavy atom. The van der Waals surface area contributed by atoms with Gasteiger partial charge in [-0.3, -0.25) is 4.79 Å². The number of nitrogens with one attached hydrogen (secondary N) is 1. The molecule has 0 unspecified atom stereocenters. The van der Waals surface area contributed by atoms with Gasteiger partial charge in [0.05, 0.1) is 6.54 Å². The first-order valence-electron chi connectivity index (χ1n) is 11.6. The van der Waals surface area contributed by atoms with Gasteiger partial charge in [0.2, 0.25) is 0 Å². The molecule has 0 saturated carbocycles. The third kappa shape index (κ3) is 5.08. The maximum absolute atomic E-state index is 12.5. The summed E-state index contributed by atoms with van der Waals surface area (Å²) in [5, 5.41) is 2.85. The van der Waals surface area contributed by atoms with E-state index in [9.17, 15) is 4.79 Å². The van der Waals surface area contributed by atoms with Gasteiger partial charge >= 0.3 is 0 Å². The van der Waals surface area contributed by atoms with Crippen LogP contribution in [0.15, 0.2) is 46.9 Å². The number of benzene rings is 2. The van der Waals surface area contributed by atoms with Gasteiger partial charge < -0.3 is 19.2 Å². The van der Waals surface area contributed by atoms with E-state index in [1.807, 2.05) is 36.4 Å². The number of fused-ring (bicyclic) bond motifs is 1. The number of para-hydroxylation sites is 1. The van der Waals surface area contributed by atoms with Crippen molar-refractivity contribution in [3.63, 3.8) is 0 Å². The minimum Gasteiger partial charge on any atom is -0.492 e. The molecule has 1 amide bonds. The van der Waals surface area contributed by atoms with Crippen LogP contribution in [-0.2, 0) is 12.8 Å². The summed E-state index contributed by atoms with van der Waals surface area (Å²) in [4.78, 5) is 12.5. The summed E-state index contributed by atoms with van der Waals surface area (Å²) >= 11 is 0. The molecular formula is C28H33NO4. The molecule has 4 rings (SSSR count). The normalized spacial score (nSPS) is 14.3. The molecule has 2 heterocycles. The fourth-order valence-corrected chi connectivity index (χ4v) is 4.42. The monoisotopic (exact) mass is 447 g/mol. The molecule has 174 valence electrons. The molecular weight excluding hydrogens is 414 g/mol. The lowest BCUT2D eigenvalue weighted by Crippen LogP contribution is -2.33. The number of amides is 1. The quantitative estimate of drug-likeness (QED) is 0.472. The zero-order chi connectivity index (χ0) is 23.6. The number of hydrogen-bond acceptors (Lipinski definition) is 4. The minimum absolute atomic E-state index is 0.131. The lowest BCUT2D eigenvalue weighted by molar-refractivity contribution is 0.0833. The summed E-state index contributed by atoms with van der Waals surface area (Å²) in [6.07, 6.45) is 2.67. The molecule has 2 aromatic carbocycles. The molecule has 5 heteroatoms. The van der Waals surface area contributed by atoms with Crippen molar-refractivity contribution in [2.45, 2.75) is 59.5 Å². The summed E-state index contributed by atoms with van der Waals surface area (Å²) < 4.78 is 17.9. The van der Waals surface area contributed by atoms with Crippen molar-refractivity contribution >= 4 is 5.91 Å². The fourth-order valence-electron chi connectivity index (χ4n) is 4.42. The van der Waals surface area contributed by atoms with Crippen molar-refractivity contribution in [2.24, 2.45) is 0 Å². The minimum atomic E-state index is -0.233. The summed E-state index contributed by atoms with van der Waals surface area (Å²) in [5.74, 6) is 2.70. The van der Waals surface area contributed by atoms with Crippen LogP contribution in [-0.4, -0.2) is 24.7 Å². The average Bonchev–Trinajstić information content (AvgIpc) is 3.27. The number of ether oxygens (including phenoxy) is 2. The SMILES string of the molecule is Cc1c(C)c2c(c(C)c1Cc1ccc(C(=O)NCCOc3ccccc3)o1)CCC(C)(C)O2. The van der Waals surface area contributed by atoms with Gasteiger partial charge in [-0.25, -0.2) is 0 Å². The second-order valence-electron chi connectivity index (χ2n) is 9.38. The van der Waals surface area contributed by atoms with Crippen LogP contribution in [0.25, 0.3) is 0 Å². The van der Waals surface area contributed by atoms with E-state index < -0.39 is 0 Å². The van der Waals surface area contributed by atoms with E-state index in [2.05, 4.69) is 39.9 Å². The van der Waals surface area contributed by atoms with E-state index in [-0.39, 0.29) is 11.5 Å². The first-order chi connectivity index (χ1) is 15.7. The molecule has 1 N–H and O–H groups in total. The lowest BCUT2D eigenvalue weighted by atomic mass is 9.84. The van der Waals surface area contributed by atoms with E-state index in [0.717, 1.165) is 30.1 Å². The Labute approximate surface area is 196 Å². The largest absolute Gasteiger partial charge is 0.492 e. The highest BCUT2D eigenvalue weighted by molar-refractivity contribution is 5.91. The van der Waals surface area contributed by atoms with E-state index in [1.165, 1.54) is 27.8 Å². The van der Waals surface area contributed by atoms with Gasteiger partial charge in [-0.2, -0.15) is 0 Å². The van der Waals surface area contributed by atoms with Crippen molar-refractivity contribution in [1.29, 1.82) is 0 Å². The summed E-state index contributed by atoms with van der Waals surface area (Å²) in [7, 11) is 0. The highest BCUT2D eigenvalue weighted by atomic mass is 16.5. The first kappa shape index (κ1) is 23.0. The molecule has 0 aliphatic carbocycles. The van der Waals surface area contributed by atoms with Gasteiger partial charge in [-0.1, -0.05) is 18.2 Å². The number of rotatable bonds is 7. The fraction of sp³-hybridized carbons (Fsp3) is 0.393. The van der Waals surface area contributed by atoms with Gasteiger partial charge in [0.25, 0.3) is 5.91 Å². The predicted octanol–water partition coefficient (Wildman–Crippen LogP) is 5.71. The Balaban J connectivity index is 1.41. The highest BCUT2D eigenvalue weighted by Gasteiger charge is 2.30. The Hall–Kier alpha value is -3.21. The molecule has 5 nitrogen and oxygen atoms in total. The lowest BCUT2D eigenvalue weighted by Gasteiger charge is -2.35. The third-order valence-electron chi connectivity index (χ3n) is 6.53. The van der Waals surface area contributed by atoms with Crippen LogP contribution in [0.4, 0.5) is 0 Å². The number of hydrogen-bond donors (Lipinski definition) is 1. The third-order valence-corrected chi connectivity index (χ3v) is 6.53. The Kier molecular flexibility index (Phi) is 6.50. The summed E-state index contributed by atoms with van der Waals surface area (Å²) in [6, 6.07) is 13.2. The Morgan fingerprint density at radius 1 is 1.03 bits per heavy atom. The zero-order valence-corrected chi connectivity index (χ0v) is 20.2. The van der Waals surface area contributed by atoms with Crippen LogP contribution in [0.3, 0.4) is 0 Å². The van der Waals surface area contributed by atoms with Crippen LogP contribution in [0.5, 0.6) is 11.5 Å². The number of carbonyl (C=O) groups excluding carboxylic acids is 1. The van der Waals surface area contributed by atoms with Gasteiger partial charge in [0, 0.05) is 6.42 Å². The number of furan rings is 1. The Bertz CT molecular complexity index is 1140. The standard InChI is InChI=1S/C28H33NO4/c1-18-19(2)26-23(13-14-28(4,5)33-26)20(3)24(18)17-22-11-12-25(32-22)27(30)29-15-16-31-21-9-7-6-8-10-21/h6-12H,13-17H2,1-5H3,(H,29,30). The van der Waals surface area contributed by atoms with Gasteiger partial charge in [-0.05, 0) is 99.5 Å². The van der Waals surface area contributed by atoms with E-state index >= 15 is 0 Å². The average molecular weight is 448 g/mol.